The molecule has 0 bridgehead atoms. The van der Waals surface area contributed by atoms with Crippen molar-refractivity contribution in [2.75, 3.05) is 12.4 Å². The highest BCUT2D eigenvalue weighted by molar-refractivity contribution is 6.22. The van der Waals surface area contributed by atoms with Gasteiger partial charge in [0.2, 0.25) is 0 Å². The zero-order valence-corrected chi connectivity index (χ0v) is 29.4. The van der Waals surface area contributed by atoms with Crippen molar-refractivity contribution in [1.82, 2.24) is 9.13 Å². The summed E-state index contributed by atoms with van der Waals surface area (Å²) >= 11 is 0. The van der Waals surface area contributed by atoms with Gasteiger partial charge in [-0.25, -0.2) is 0 Å². The van der Waals surface area contributed by atoms with Crippen LogP contribution in [0.2, 0.25) is 0 Å². The number of hydrogen-bond acceptors (Lipinski definition) is 2. The average molecular weight is 681 g/mol. The van der Waals surface area contributed by atoms with Gasteiger partial charge in [-0.05, 0) is 65.0 Å². The molecule has 2 heterocycles. The third kappa shape index (κ3) is 5.02. The summed E-state index contributed by atoms with van der Waals surface area (Å²) < 4.78 is 4.78. The van der Waals surface area contributed by atoms with Gasteiger partial charge in [-0.3, -0.25) is 4.99 Å². The standard InChI is InChI=1S/C49H36N4/c1-50-44-25-13-10-24-40(44)48(33-16-4-2-5-17-33)51-32-52-45-26-14-11-22-38(45)43-31-41(36-20-8-9-23-39(36)49(43)52)34-28-29-47-42(30-34)37-21-12-15-27-46(37)53(47)35-18-6-3-7-19-35/h2-31,50H,32H2,1H3/b51-48-. The largest absolute Gasteiger partial charge is 0.388 e. The van der Waals surface area contributed by atoms with Crippen LogP contribution in [0.3, 0.4) is 0 Å². The van der Waals surface area contributed by atoms with E-state index in [1.165, 1.54) is 71.2 Å². The fourth-order valence-electron chi connectivity index (χ4n) is 8.27. The van der Waals surface area contributed by atoms with Gasteiger partial charge in [0.15, 0.2) is 0 Å². The van der Waals surface area contributed by atoms with E-state index in [2.05, 4.69) is 196 Å². The first kappa shape index (κ1) is 30.9. The minimum absolute atomic E-state index is 0.473. The minimum atomic E-state index is 0.473. The van der Waals surface area contributed by atoms with Gasteiger partial charge in [0.1, 0.15) is 6.67 Å². The highest BCUT2D eigenvalue weighted by Crippen LogP contribution is 2.42. The Morgan fingerprint density at radius 1 is 0.509 bits per heavy atom. The summed E-state index contributed by atoms with van der Waals surface area (Å²) in [6.07, 6.45) is 0. The molecule has 0 amide bonds. The first-order valence-corrected chi connectivity index (χ1v) is 18.2. The van der Waals surface area contributed by atoms with E-state index in [0.717, 1.165) is 22.5 Å². The van der Waals surface area contributed by atoms with Gasteiger partial charge in [-0.15, -0.1) is 0 Å². The summed E-state index contributed by atoms with van der Waals surface area (Å²) in [5.74, 6) is 0. The Morgan fingerprint density at radius 3 is 1.89 bits per heavy atom. The van der Waals surface area contributed by atoms with Crippen molar-refractivity contribution >= 4 is 65.8 Å². The Hall–Kier alpha value is -6.91. The lowest BCUT2D eigenvalue weighted by atomic mass is 9.94. The molecule has 8 aromatic carbocycles. The lowest BCUT2D eigenvalue weighted by molar-refractivity contribution is 0.795. The maximum atomic E-state index is 5.43. The van der Waals surface area contributed by atoms with Crippen LogP contribution >= 0.6 is 0 Å². The van der Waals surface area contributed by atoms with Crippen LogP contribution in [0.4, 0.5) is 5.69 Å². The van der Waals surface area contributed by atoms with Crippen molar-refractivity contribution in [2.45, 2.75) is 6.67 Å². The Bertz CT molecular complexity index is 3000. The van der Waals surface area contributed by atoms with Crippen LogP contribution in [0.5, 0.6) is 0 Å². The molecular formula is C49H36N4. The molecule has 0 radical (unpaired) electrons. The van der Waals surface area contributed by atoms with Crippen molar-refractivity contribution in [3.05, 3.63) is 193 Å². The lowest BCUT2D eigenvalue weighted by Gasteiger charge is -2.15. The monoisotopic (exact) mass is 680 g/mol. The molecule has 0 aliphatic heterocycles. The number of anilines is 1. The summed E-state index contributed by atoms with van der Waals surface area (Å²) in [7, 11) is 1.97. The highest BCUT2D eigenvalue weighted by Gasteiger charge is 2.19. The van der Waals surface area contributed by atoms with E-state index in [1.54, 1.807) is 0 Å². The molecule has 0 unspecified atom stereocenters. The Kier molecular flexibility index (Phi) is 7.40. The Labute approximate surface area is 307 Å². The fourth-order valence-corrected chi connectivity index (χ4v) is 8.27. The zero-order chi connectivity index (χ0) is 35.3. The number of benzene rings is 8. The fraction of sp³-hybridized carbons (Fsp3) is 0.0408. The van der Waals surface area contributed by atoms with Crippen molar-refractivity contribution in [2.24, 2.45) is 4.99 Å². The average Bonchev–Trinajstić information content (AvgIpc) is 3.74. The van der Waals surface area contributed by atoms with Gasteiger partial charge in [0, 0.05) is 56.5 Å². The molecule has 4 heteroatoms. The van der Waals surface area contributed by atoms with E-state index in [4.69, 9.17) is 4.99 Å². The van der Waals surface area contributed by atoms with E-state index in [1.807, 2.05) is 7.05 Å². The number of aromatic nitrogens is 2. The van der Waals surface area contributed by atoms with Crippen LogP contribution in [-0.2, 0) is 6.67 Å². The van der Waals surface area contributed by atoms with E-state index in [-0.39, 0.29) is 0 Å². The van der Waals surface area contributed by atoms with E-state index >= 15 is 0 Å². The number of para-hydroxylation sites is 4. The third-order valence-electron chi connectivity index (χ3n) is 10.6. The summed E-state index contributed by atoms with van der Waals surface area (Å²) in [4.78, 5) is 5.43. The summed E-state index contributed by atoms with van der Waals surface area (Å²) in [6.45, 7) is 0.473. The van der Waals surface area contributed by atoms with Crippen LogP contribution < -0.4 is 5.32 Å². The van der Waals surface area contributed by atoms with Gasteiger partial charge in [0.05, 0.1) is 27.8 Å². The quantitative estimate of drug-likeness (QED) is 0.167. The van der Waals surface area contributed by atoms with Gasteiger partial charge in [0.25, 0.3) is 0 Å². The lowest BCUT2D eigenvalue weighted by Crippen LogP contribution is -2.09. The molecule has 10 aromatic rings. The van der Waals surface area contributed by atoms with E-state index < -0.39 is 0 Å². The smallest absolute Gasteiger partial charge is 0.115 e. The van der Waals surface area contributed by atoms with E-state index in [0.29, 0.717) is 6.67 Å². The number of rotatable bonds is 7. The maximum Gasteiger partial charge on any atom is 0.115 e. The van der Waals surface area contributed by atoms with Crippen LogP contribution in [0.1, 0.15) is 11.1 Å². The molecule has 53 heavy (non-hydrogen) atoms. The molecule has 0 saturated carbocycles. The predicted octanol–water partition coefficient (Wildman–Crippen LogP) is 12.2. The van der Waals surface area contributed by atoms with Gasteiger partial charge in [-0.1, -0.05) is 133 Å². The molecule has 10 rings (SSSR count). The normalized spacial score (nSPS) is 12.1. The molecule has 0 fully saturated rings. The Morgan fingerprint density at radius 2 is 1.11 bits per heavy atom. The van der Waals surface area contributed by atoms with E-state index in [9.17, 15) is 0 Å². The van der Waals surface area contributed by atoms with Gasteiger partial charge >= 0.3 is 0 Å². The number of nitrogens with one attached hydrogen (secondary N) is 1. The van der Waals surface area contributed by atoms with Gasteiger partial charge in [-0.2, -0.15) is 0 Å². The van der Waals surface area contributed by atoms with Gasteiger partial charge < -0.3 is 14.5 Å². The molecule has 4 nitrogen and oxygen atoms in total. The molecule has 0 atom stereocenters. The predicted molar refractivity (Wildman–Crippen MR) is 225 cm³/mol. The van der Waals surface area contributed by atoms with Crippen LogP contribution in [0.25, 0.3) is 71.2 Å². The number of aliphatic imine (C=N–C) groups is 1. The second-order valence-corrected chi connectivity index (χ2v) is 13.5. The van der Waals surface area contributed by atoms with Crippen LogP contribution in [0.15, 0.2) is 187 Å². The zero-order valence-electron chi connectivity index (χ0n) is 29.4. The third-order valence-corrected chi connectivity index (χ3v) is 10.6. The van der Waals surface area contributed by atoms with Crippen molar-refractivity contribution in [1.29, 1.82) is 0 Å². The highest BCUT2D eigenvalue weighted by atomic mass is 15.1. The van der Waals surface area contributed by atoms with Crippen molar-refractivity contribution in [3.63, 3.8) is 0 Å². The summed E-state index contributed by atoms with van der Waals surface area (Å²) in [5, 5.41) is 10.8. The molecule has 0 aliphatic carbocycles. The summed E-state index contributed by atoms with van der Waals surface area (Å²) in [5.41, 5.74) is 12.6. The van der Waals surface area contributed by atoms with Crippen molar-refractivity contribution in [3.8, 4) is 16.8 Å². The Balaban J connectivity index is 1.20. The maximum absolute atomic E-state index is 5.43. The van der Waals surface area contributed by atoms with Crippen molar-refractivity contribution < 1.29 is 0 Å². The SMILES string of the molecule is CNc1ccccc1/C(=N\Cn1c2ccccc2c2cc(-c3ccc4c(c3)c3ccccc3n4-c3ccccc3)c3ccccc3c21)c1ccccc1. The first-order valence-electron chi connectivity index (χ1n) is 18.2. The summed E-state index contributed by atoms with van der Waals surface area (Å²) in [6, 6.07) is 65.3. The topological polar surface area (TPSA) is 34.2 Å². The molecule has 0 aliphatic rings. The number of nitrogens with zero attached hydrogens (tertiary/aromatic N) is 3. The molecule has 0 saturated heterocycles. The number of fused-ring (bicyclic) bond motifs is 8. The van der Waals surface area contributed by atoms with Crippen LogP contribution in [0, 0.1) is 0 Å². The molecule has 252 valence electrons. The molecule has 0 spiro atoms. The molecule has 2 aromatic heterocycles. The minimum Gasteiger partial charge on any atom is -0.388 e. The molecular weight excluding hydrogens is 645 g/mol. The first-order chi connectivity index (χ1) is 26.3. The second-order valence-electron chi connectivity index (χ2n) is 13.5. The number of hydrogen-bond donors (Lipinski definition) is 1. The van der Waals surface area contributed by atoms with Crippen LogP contribution in [-0.4, -0.2) is 21.9 Å². The second kappa shape index (κ2) is 12.7. The molecule has 1 N–H and O–H groups in total.